The minimum atomic E-state index is 0.0627. The summed E-state index contributed by atoms with van der Waals surface area (Å²) < 4.78 is 0. The fourth-order valence-electron chi connectivity index (χ4n) is 3.54. The van der Waals surface area contributed by atoms with Crippen LogP contribution in [0, 0.1) is 0 Å². The molecule has 2 aliphatic rings. The standard InChI is InChI=1S/C16H25N3OS/c1-12(20)17-16-14(11-19-9-7-18(2)8-10-19)13-5-3-4-6-15(13)21-16/h3-11H2,1-2H3,(H,17,20)/p+2. The SMILES string of the molecule is CC(=O)Nc1sc2c(c1C[NH+]1CC[NH+](C)CC1)CCCC2. The van der Waals surface area contributed by atoms with Crippen LogP contribution in [0.3, 0.4) is 0 Å². The quantitative estimate of drug-likeness (QED) is 0.692. The van der Waals surface area contributed by atoms with E-state index in [1.165, 1.54) is 62.3 Å². The first kappa shape index (κ1) is 15.0. The molecule has 3 rings (SSSR count). The molecule has 0 saturated carbocycles. The molecule has 3 N–H and O–H groups in total. The van der Waals surface area contributed by atoms with Crippen LogP contribution in [0.2, 0.25) is 0 Å². The van der Waals surface area contributed by atoms with Crippen molar-refractivity contribution in [2.24, 2.45) is 0 Å². The highest BCUT2D eigenvalue weighted by molar-refractivity contribution is 7.16. The fourth-order valence-corrected chi connectivity index (χ4v) is 4.89. The Bertz CT molecular complexity index is 518. The second kappa shape index (κ2) is 6.46. The number of amides is 1. The van der Waals surface area contributed by atoms with Crippen molar-refractivity contribution in [2.45, 2.75) is 39.2 Å². The molecule has 116 valence electrons. The number of likely N-dealkylation sites (N-methyl/N-ethyl adjacent to an activating group) is 1. The van der Waals surface area contributed by atoms with Crippen molar-refractivity contribution >= 4 is 22.2 Å². The van der Waals surface area contributed by atoms with Crippen molar-refractivity contribution in [1.29, 1.82) is 0 Å². The first-order chi connectivity index (χ1) is 10.1. The molecule has 1 saturated heterocycles. The summed E-state index contributed by atoms with van der Waals surface area (Å²) >= 11 is 1.83. The fraction of sp³-hybridized carbons (Fsp3) is 0.688. The van der Waals surface area contributed by atoms with Crippen molar-refractivity contribution in [3.8, 4) is 0 Å². The highest BCUT2D eigenvalue weighted by Crippen LogP contribution is 2.37. The number of fused-ring (bicyclic) bond motifs is 1. The predicted octanol–water partition coefficient (Wildman–Crippen LogP) is -0.501. The lowest BCUT2D eigenvalue weighted by Gasteiger charge is -2.28. The molecule has 0 aromatic carbocycles. The van der Waals surface area contributed by atoms with E-state index >= 15 is 0 Å². The number of aryl methyl sites for hydroxylation is 1. The van der Waals surface area contributed by atoms with E-state index < -0.39 is 0 Å². The van der Waals surface area contributed by atoms with Gasteiger partial charge in [-0.1, -0.05) is 0 Å². The summed E-state index contributed by atoms with van der Waals surface area (Å²) in [7, 11) is 2.28. The molecular formula is C16H27N3OS+2. The number of quaternary nitrogens is 2. The topological polar surface area (TPSA) is 38.0 Å². The molecule has 4 nitrogen and oxygen atoms in total. The number of thiophene rings is 1. The lowest BCUT2D eigenvalue weighted by molar-refractivity contribution is -1.01. The summed E-state index contributed by atoms with van der Waals surface area (Å²) in [6, 6.07) is 0. The van der Waals surface area contributed by atoms with Gasteiger partial charge in [0.05, 0.1) is 7.05 Å². The van der Waals surface area contributed by atoms with E-state index in [9.17, 15) is 4.79 Å². The van der Waals surface area contributed by atoms with Gasteiger partial charge in [-0.3, -0.25) is 4.79 Å². The molecule has 1 aromatic rings. The van der Waals surface area contributed by atoms with Crippen LogP contribution in [0.5, 0.6) is 0 Å². The van der Waals surface area contributed by atoms with E-state index in [4.69, 9.17) is 0 Å². The molecular weight excluding hydrogens is 282 g/mol. The van der Waals surface area contributed by atoms with Gasteiger partial charge in [0.15, 0.2) is 0 Å². The summed E-state index contributed by atoms with van der Waals surface area (Å²) in [5.41, 5.74) is 3.01. The van der Waals surface area contributed by atoms with E-state index in [2.05, 4.69) is 12.4 Å². The number of anilines is 1. The van der Waals surface area contributed by atoms with Gasteiger partial charge in [0, 0.05) is 17.4 Å². The largest absolute Gasteiger partial charge is 0.328 e. The van der Waals surface area contributed by atoms with Crippen LogP contribution in [-0.2, 0) is 24.2 Å². The number of carbonyl (C=O) groups is 1. The van der Waals surface area contributed by atoms with Crippen LogP contribution in [0.1, 0.15) is 35.8 Å². The van der Waals surface area contributed by atoms with Gasteiger partial charge in [-0.05, 0) is 31.2 Å². The number of hydrogen-bond donors (Lipinski definition) is 3. The Morgan fingerprint density at radius 2 is 1.90 bits per heavy atom. The van der Waals surface area contributed by atoms with Gasteiger partial charge in [-0.15, -0.1) is 11.3 Å². The van der Waals surface area contributed by atoms with Gasteiger partial charge in [-0.25, -0.2) is 0 Å². The van der Waals surface area contributed by atoms with Gasteiger partial charge >= 0.3 is 0 Å². The van der Waals surface area contributed by atoms with Gasteiger partial charge in [0.1, 0.15) is 37.7 Å². The van der Waals surface area contributed by atoms with Crippen LogP contribution in [0.4, 0.5) is 5.00 Å². The maximum Gasteiger partial charge on any atom is 0.221 e. The molecule has 1 fully saturated rings. The predicted molar refractivity (Wildman–Crippen MR) is 86.3 cm³/mol. The highest BCUT2D eigenvalue weighted by atomic mass is 32.1. The average Bonchev–Trinajstić information content (AvgIpc) is 2.78. The molecule has 0 bridgehead atoms. The summed E-state index contributed by atoms with van der Waals surface area (Å²) in [6.07, 6.45) is 5.02. The zero-order chi connectivity index (χ0) is 14.8. The lowest BCUT2D eigenvalue weighted by Crippen LogP contribution is -3.26. The molecule has 21 heavy (non-hydrogen) atoms. The van der Waals surface area contributed by atoms with E-state index in [1.807, 2.05) is 11.3 Å². The van der Waals surface area contributed by atoms with Gasteiger partial charge in [0.25, 0.3) is 0 Å². The minimum absolute atomic E-state index is 0.0627. The van der Waals surface area contributed by atoms with Crippen LogP contribution < -0.4 is 15.1 Å². The molecule has 1 aliphatic carbocycles. The van der Waals surface area contributed by atoms with Gasteiger partial charge < -0.3 is 15.1 Å². The zero-order valence-corrected chi connectivity index (χ0v) is 14.0. The second-order valence-corrected chi connectivity index (χ2v) is 7.69. The van der Waals surface area contributed by atoms with E-state index in [1.54, 1.807) is 22.3 Å². The van der Waals surface area contributed by atoms with E-state index in [-0.39, 0.29) is 5.91 Å². The Kier molecular flexibility index (Phi) is 4.62. The Balaban J connectivity index is 1.81. The van der Waals surface area contributed by atoms with Crippen molar-refractivity contribution in [3.63, 3.8) is 0 Å². The molecule has 0 unspecified atom stereocenters. The first-order valence-electron chi connectivity index (χ1n) is 8.19. The Labute approximate surface area is 131 Å². The lowest BCUT2D eigenvalue weighted by atomic mass is 9.95. The van der Waals surface area contributed by atoms with Crippen LogP contribution in [-0.4, -0.2) is 39.1 Å². The third-order valence-electron chi connectivity index (χ3n) is 4.81. The van der Waals surface area contributed by atoms with Crippen molar-refractivity contribution in [2.75, 3.05) is 38.5 Å². The van der Waals surface area contributed by atoms with E-state index in [0.29, 0.717) is 0 Å². The third kappa shape index (κ3) is 3.47. The molecule has 0 spiro atoms. The Morgan fingerprint density at radius 1 is 1.19 bits per heavy atom. The van der Waals surface area contributed by atoms with Crippen molar-refractivity contribution in [1.82, 2.24) is 0 Å². The van der Waals surface area contributed by atoms with Gasteiger partial charge in [-0.2, -0.15) is 0 Å². The number of piperazine rings is 1. The van der Waals surface area contributed by atoms with Crippen LogP contribution in [0.15, 0.2) is 0 Å². The monoisotopic (exact) mass is 309 g/mol. The third-order valence-corrected chi connectivity index (χ3v) is 6.06. The molecule has 5 heteroatoms. The normalized spacial score (nSPS) is 25.4. The summed E-state index contributed by atoms with van der Waals surface area (Å²) in [5, 5.41) is 4.22. The molecule has 1 amide bonds. The maximum absolute atomic E-state index is 11.5. The van der Waals surface area contributed by atoms with Crippen molar-refractivity contribution < 1.29 is 14.6 Å². The van der Waals surface area contributed by atoms with Crippen LogP contribution >= 0.6 is 11.3 Å². The summed E-state index contributed by atoms with van der Waals surface area (Å²) in [6.45, 7) is 7.73. The molecule has 1 aromatic heterocycles. The number of rotatable bonds is 3. The Hall–Kier alpha value is -0.910. The van der Waals surface area contributed by atoms with Crippen molar-refractivity contribution in [3.05, 3.63) is 16.0 Å². The molecule has 2 heterocycles. The first-order valence-corrected chi connectivity index (χ1v) is 9.01. The summed E-state index contributed by atoms with van der Waals surface area (Å²) in [5.74, 6) is 0.0627. The summed E-state index contributed by atoms with van der Waals surface area (Å²) in [4.78, 5) is 16.4. The molecule has 0 radical (unpaired) electrons. The maximum atomic E-state index is 11.5. The van der Waals surface area contributed by atoms with E-state index in [0.717, 1.165) is 11.5 Å². The Morgan fingerprint density at radius 3 is 2.62 bits per heavy atom. The number of hydrogen-bond acceptors (Lipinski definition) is 2. The molecule has 0 atom stereocenters. The number of carbonyl (C=O) groups excluding carboxylic acids is 1. The smallest absolute Gasteiger partial charge is 0.221 e. The minimum Gasteiger partial charge on any atom is -0.328 e. The number of nitrogens with one attached hydrogen (secondary N) is 3. The zero-order valence-electron chi connectivity index (χ0n) is 13.2. The highest BCUT2D eigenvalue weighted by Gasteiger charge is 2.27. The molecule has 1 aliphatic heterocycles. The van der Waals surface area contributed by atoms with Gasteiger partial charge in [0.2, 0.25) is 5.91 Å². The second-order valence-electron chi connectivity index (χ2n) is 6.58. The van der Waals surface area contributed by atoms with Crippen LogP contribution in [0.25, 0.3) is 0 Å². The average molecular weight is 309 g/mol.